The number of carbonyl (C=O) groups excluding carboxylic acids is 1. The Bertz CT molecular complexity index is 1320. The summed E-state index contributed by atoms with van der Waals surface area (Å²) < 4.78 is 48.4. The number of aryl methyl sites for hydroxylation is 1. The second-order valence-electron chi connectivity index (χ2n) is 10.1. The number of benzene rings is 1. The number of nitrogens with zero attached hydrogens (tertiary/aromatic N) is 4. The van der Waals surface area contributed by atoms with Gasteiger partial charge in [-0.3, -0.25) is 14.4 Å². The maximum atomic E-state index is 12.6. The lowest BCUT2D eigenvalue weighted by molar-refractivity contribution is -0.274. The molecule has 0 bridgehead atoms. The first kappa shape index (κ1) is 27.2. The Balaban J connectivity index is 1.08. The summed E-state index contributed by atoms with van der Waals surface area (Å²) in [6.07, 6.45) is -0.110. The number of rotatable bonds is 8. The highest BCUT2D eigenvalue weighted by Crippen LogP contribution is 2.39. The average molecular weight is 549 g/mol. The van der Waals surface area contributed by atoms with E-state index in [1.807, 2.05) is 6.07 Å². The summed E-state index contributed by atoms with van der Waals surface area (Å²) in [4.78, 5) is 19.1. The Hall–Kier alpha value is -3.42. The van der Waals surface area contributed by atoms with Gasteiger partial charge in [-0.1, -0.05) is 0 Å². The molecule has 0 unspecified atom stereocenters. The summed E-state index contributed by atoms with van der Waals surface area (Å²) in [6.45, 7) is 1.64. The highest BCUT2D eigenvalue weighted by atomic mass is 19.4. The van der Waals surface area contributed by atoms with Gasteiger partial charge in [-0.05, 0) is 49.9 Å². The van der Waals surface area contributed by atoms with Crippen LogP contribution in [0.15, 0.2) is 36.5 Å². The van der Waals surface area contributed by atoms with Crippen molar-refractivity contribution in [2.24, 2.45) is 7.05 Å². The SMILES string of the molecule is COc1ccc(C2(O)CCC(N3CC(NCC(=O)Nc4nn(C)c5ccc(OC(F)(F)F)cc45)C3)CC2)cn1. The van der Waals surface area contributed by atoms with Crippen LogP contribution in [0.2, 0.25) is 0 Å². The molecule has 3 heterocycles. The summed E-state index contributed by atoms with van der Waals surface area (Å²) in [5, 5.41) is 21.6. The lowest BCUT2D eigenvalue weighted by Crippen LogP contribution is -2.62. The molecule has 0 atom stereocenters. The van der Waals surface area contributed by atoms with E-state index in [2.05, 4.69) is 30.4 Å². The molecule has 1 saturated heterocycles. The van der Waals surface area contributed by atoms with Gasteiger partial charge in [-0.25, -0.2) is 4.98 Å². The van der Waals surface area contributed by atoms with Crippen molar-refractivity contribution in [1.82, 2.24) is 25.0 Å². The minimum atomic E-state index is -4.81. The molecule has 3 N–H and O–H groups in total. The van der Waals surface area contributed by atoms with Gasteiger partial charge in [0.1, 0.15) is 5.75 Å². The van der Waals surface area contributed by atoms with Crippen LogP contribution in [0.25, 0.3) is 10.9 Å². The molecule has 2 fully saturated rings. The number of alkyl halides is 3. The molecule has 10 nitrogen and oxygen atoms in total. The molecule has 1 amide bonds. The molecule has 1 aliphatic carbocycles. The minimum absolute atomic E-state index is 0.0458. The number of methoxy groups -OCH3 is 1. The van der Waals surface area contributed by atoms with Crippen LogP contribution in [0.4, 0.5) is 19.0 Å². The van der Waals surface area contributed by atoms with Crippen LogP contribution in [-0.2, 0) is 17.4 Å². The van der Waals surface area contributed by atoms with Gasteiger partial charge >= 0.3 is 6.36 Å². The molecule has 2 aromatic heterocycles. The van der Waals surface area contributed by atoms with E-state index in [4.69, 9.17) is 4.74 Å². The zero-order valence-electron chi connectivity index (χ0n) is 21.7. The number of anilines is 1. The smallest absolute Gasteiger partial charge is 0.481 e. The second kappa shape index (κ2) is 10.6. The number of aromatic nitrogens is 3. The lowest BCUT2D eigenvalue weighted by Gasteiger charge is -2.48. The molecule has 0 spiro atoms. The number of hydrogen-bond acceptors (Lipinski definition) is 8. The number of carbonyl (C=O) groups is 1. The molecular formula is C26H31F3N6O4. The van der Waals surface area contributed by atoms with Gasteiger partial charge in [0.25, 0.3) is 0 Å². The van der Waals surface area contributed by atoms with Crippen molar-refractivity contribution in [3.63, 3.8) is 0 Å². The third-order valence-corrected chi connectivity index (χ3v) is 7.56. The van der Waals surface area contributed by atoms with Crippen molar-refractivity contribution in [2.75, 3.05) is 32.1 Å². The number of likely N-dealkylation sites (tertiary alicyclic amines) is 1. The van der Waals surface area contributed by atoms with Gasteiger partial charge in [0.2, 0.25) is 11.8 Å². The van der Waals surface area contributed by atoms with E-state index in [0.29, 0.717) is 35.7 Å². The topological polar surface area (TPSA) is 114 Å². The number of nitrogens with one attached hydrogen (secondary N) is 2. The second-order valence-corrected chi connectivity index (χ2v) is 10.1. The zero-order valence-corrected chi connectivity index (χ0v) is 21.7. The van der Waals surface area contributed by atoms with Crippen molar-refractivity contribution >= 4 is 22.6 Å². The highest BCUT2D eigenvalue weighted by Gasteiger charge is 2.40. The Morgan fingerprint density at radius 2 is 1.95 bits per heavy atom. The number of pyridine rings is 1. The normalized spacial score (nSPS) is 22.5. The van der Waals surface area contributed by atoms with Crippen molar-refractivity contribution in [2.45, 2.75) is 49.7 Å². The predicted molar refractivity (Wildman–Crippen MR) is 136 cm³/mol. The van der Waals surface area contributed by atoms with E-state index in [1.54, 1.807) is 26.4 Å². The van der Waals surface area contributed by atoms with E-state index in [-0.39, 0.29) is 30.1 Å². The van der Waals surface area contributed by atoms with Crippen LogP contribution in [0.1, 0.15) is 31.2 Å². The number of ether oxygens (including phenoxy) is 2. The summed E-state index contributed by atoms with van der Waals surface area (Å²) in [7, 11) is 3.20. The maximum Gasteiger partial charge on any atom is 0.573 e. The third kappa shape index (κ3) is 6.10. The van der Waals surface area contributed by atoms with E-state index in [0.717, 1.165) is 31.5 Å². The molecule has 5 rings (SSSR count). The highest BCUT2D eigenvalue weighted by molar-refractivity contribution is 6.01. The third-order valence-electron chi connectivity index (χ3n) is 7.56. The lowest BCUT2D eigenvalue weighted by atomic mass is 9.77. The van der Waals surface area contributed by atoms with E-state index >= 15 is 0 Å². The molecule has 3 aromatic rings. The number of amides is 1. The summed E-state index contributed by atoms with van der Waals surface area (Å²) in [5.74, 6) is -0.0368. The van der Waals surface area contributed by atoms with Crippen LogP contribution in [0, 0.1) is 0 Å². The number of fused-ring (bicyclic) bond motifs is 1. The molecule has 1 saturated carbocycles. The zero-order chi connectivity index (χ0) is 27.8. The van der Waals surface area contributed by atoms with Gasteiger partial charge in [0.05, 0.1) is 24.8 Å². The van der Waals surface area contributed by atoms with Gasteiger partial charge in [-0.15, -0.1) is 13.2 Å². The summed E-state index contributed by atoms with van der Waals surface area (Å²) >= 11 is 0. The Morgan fingerprint density at radius 1 is 1.21 bits per heavy atom. The van der Waals surface area contributed by atoms with E-state index in [1.165, 1.54) is 22.9 Å². The summed E-state index contributed by atoms with van der Waals surface area (Å²) in [6, 6.07) is 8.02. The number of aliphatic hydroxyl groups is 1. The van der Waals surface area contributed by atoms with E-state index in [9.17, 15) is 23.1 Å². The van der Waals surface area contributed by atoms with Gasteiger partial charge < -0.3 is 25.2 Å². The number of halogens is 3. The molecule has 210 valence electrons. The quantitative estimate of drug-likeness (QED) is 0.394. The van der Waals surface area contributed by atoms with Gasteiger partial charge in [-0.2, -0.15) is 5.10 Å². The van der Waals surface area contributed by atoms with Crippen LogP contribution < -0.4 is 20.1 Å². The fourth-order valence-corrected chi connectivity index (χ4v) is 5.40. The van der Waals surface area contributed by atoms with Gasteiger partial charge in [0.15, 0.2) is 5.82 Å². The first-order valence-corrected chi connectivity index (χ1v) is 12.8. The predicted octanol–water partition coefficient (Wildman–Crippen LogP) is 2.92. The fourth-order valence-electron chi connectivity index (χ4n) is 5.40. The van der Waals surface area contributed by atoms with Crippen LogP contribution >= 0.6 is 0 Å². The Morgan fingerprint density at radius 3 is 2.59 bits per heavy atom. The number of hydrogen-bond donors (Lipinski definition) is 3. The Kier molecular flexibility index (Phi) is 7.40. The summed E-state index contributed by atoms with van der Waals surface area (Å²) in [5.41, 5.74) is 0.483. The molecular weight excluding hydrogens is 517 g/mol. The molecule has 13 heteroatoms. The molecule has 2 aliphatic rings. The molecule has 39 heavy (non-hydrogen) atoms. The largest absolute Gasteiger partial charge is 0.573 e. The average Bonchev–Trinajstić information content (AvgIpc) is 3.17. The standard InChI is InChI=1S/C26H31F3N6O4/c1-34-21-5-4-19(39-26(27,28)29)11-20(21)24(33-34)32-22(36)13-30-17-14-35(15-17)18-7-9-25(37,10-8-18)16-3-6-23(38-2)31-12-16/h3-6,11-12,17-18,30,37H,7-10,13-15H2,1-2H3,(H,32,33,36). The molecule has 1 aliphatic heterocycles. The maximum absolute atomic E-state index is 12.6. The van der Waals surface area contributed by atoms with E-state index < -0.39 is 12.0 Å². The van der Waals surface area contributed by atoms with Crippen molar-refractivity contribution in [1.29, 1.82) is 0 Å². The Labute approximate surface area is 223 Å². The van der Waals surface area contributed by atoms with Crippen LogP contribution in [0.5, 0.6) is 11.6 Å². The first-order chi connectivity index (χ1) is 18.5. The van der Waals surface area contributed by atoms with Crippen LogP contribution in [-0.4, -0.2) is 75.9 Å². The molecule has 1 aromatic carbocycles. The van der Waals surface area contributed by atoms with Crippen molar-refractivity contribution < 1.29 is 32.5 Å². The minimum Gasteiger partial charge on any atom is -0.481 e. The monoisotopic (exact) mass is 548 g/mol. The van der Waals surface area contributed by atoms with Crippen molar-refractivity contribution in [3.05, 3.63) is 42.1 Å². The van der Waals surface area contributed by atoms with Crippen molar-refractivity contribution in [3.8, 4) is 11.6 Å². The molecule has 0 radical (unpaired) electrons. The van der Waals surface area contributed by atoms with Gasteiger partial charge in [0, 0.05) is 55.4 Å². The fraction of sp³-hybridized carbons (Fsp3) is 0.500. The van der Waals surface area contributed by atoms with Crippen LogP contribution in [0.3, 0.4) is 0 Å². The first-order valence-electron chi connectivity index (χ1n) is 12.8.